The Balaban J connectivity index is 2.67. The van der Waals surface area contributed by atoms with Crippen molar-refractivity contribution in [2.45, 2.75) is 6.92 Å². The third-order valence-corrected chi connectivity index (χ3v) is 0.858. The molecule has 0 amide bonds. The SMILES string of the molecule is CC[N+]#Cc1ccn[nH]1. The standard InChI is InChI=1S/C6H7N3/c1-2-7-5-6-3-4-8-9-6/h3-4H,2H2,1H3/p+1. The predicted octanol–water partition coefficient (Wildman–Crippen LogP) is 1.11. The van der Waals surface area contributed by atoms with Crippen molar-refractivity contribution in [3.63, 3.8) is 0 Å². The summed E-state index contributed by atoms with van der Waals surface area (Å²) in [6, 6.07) is 4.60. The summed E-state index contributed by atoms with van der Waals surface area (Å²) < 4.78 is 0. The molecule has 0 aromatic carbocycles. The Morgan fingerprint density at radius 2 is 2.78 bits per heavy atom. The smallest absolute Gasteiger partial charge is 0.264 e. The molecular formula is C6H8N3+. The van der Waals surface area contributed by atoms with E-state index in [0.717, 1.165) is 12.2 Å². The average Bonchev–Trinajstić information content (AvgIpc) is 2.34. The lowest BCUT2D eigenvalue weighted by Crippen LogP contribution is -1.71. The van der Waals surface area contributed by atoms with Crippen molar-refractivity contribution >= 4 is 0 Å². The second-order valence-corrected chi connectivity index (χ2v) is 1.56. The summed E-state index contributed by atoms with van der Waals surface area (Å²) >= 11 is 0. The van der Waals surface area contributed by atoms with Gasteiger partial charge in [0.1, 0.15) is 0 Å². The van der Waals surface area contributed by atoms with Gasteiger partial charge in [0.2, 0.25) is 0 Å². The van der Waals surface area contributed by atoms with Crippen molar-refractivity contribution in [3.05, 3.63) is 22.8 Å². The van der Waals surface area contributed by atoms with Crippen LogP contribution in [0.25, 0.3) is 4.85 Å². The van der Waals surface area contributed by atoms with Gasteiger partial charge in [-0.1, -0.05) is 4.85 Å². The van der Waals surface area contributed by atoms with Gasteiger partial charge in [-0.15, -0.1) is 0 Å². The van der Waals surface area contributed by atoms with Gasteiger partial charge >= 0.3 is 6.07 Å². The van der Waals surface area contributed by atoms with Crippen LogP contribution in [-0.4, -0.2) is 16.7 Å². The van der Waals surface area contributed by atoms with Crippen LogP contribution in [0.1, 0.15) is 12.6 Å². The molecule has 0 saturated heterocycles. The molecule has 1 aromatic heterocycles. The van der Waals surface area contributed by atoms with Crippen LogP contribution in [0.3, 0.4) is 0 Å². The van der Waals surface area contributed by atoms with E-state index >= 15 is 0 Å². The summed E-state index contributed by atoms with van der Waals surface area (Å²) in [5.74, 6) is 0. The van der Waals surface area contributed by atoms with E-state index in [1.165, 1.54) is 0 Å². The molecule has 0 atom stereocenters. The molecule has 0 aliphatic carbocycles. The summed E-state index contributed by atoms with van der Waals surface area (Å²) in [4.78, 5) is 3.89. The molecule has 1 heterocycles. The highest BCUT2D eigenvalue weighted by molar-refractivity contribution is 5.20. The first-order valence-corrected chi connectivity index (χ1v) is 2.85. The molecule has 3 nitrogen and oxygen atoms in total. The summed E-state index contributed by atoms with van der Waals surface area (Å²) in [6.07, 6.45) is 1.67. The number of hydrogen-bond donors (Lipinski definition) is 1. The topological polar surface area (TPSA) is 33.0 Å². The number of nitrogens with zero attached hydrogens (tertiary/aromatic N) is 2. The Bertz CT molecular complexity index is 214. The van der Waals surface area contributed by atoms with Gasteiger partial charge in [0, 0.05) is 6.92 Å². The Labute approximate surface area is 53.5 Å². The molecule has 0 aliphatic rings. The second-order valence-electron chi connectivity index (χ2n) is 1.56. The minimum Gasteiger partial charge on any atom is -0.264 e. The highest BCUT2D eigenvalue weighted by Crippen LogP contribution is 1.86. The molecule has 46 valence electrons. The average molecular weight is 122 g/mol. The lowest BCUT2D eigenvalue weighted by atomic mass is 10.5. The van der Waals surface area contributed by atoms with Crippen LogP contribution in [0.15, 0.2) is 12.3 Å². The summed E-state index contributed by atoms with van der Waals surface area (Å²) in [5, 5.41) is 6.44. The van der Waals surface area contributed by atoms with Crippen LogP contribution < -0.4 is 0 Å². The van der Waals surface area contributed by atoms with Gasteiger partial charge in [-0.25, -0.2) is 0 Å². The Hall–Kier alpha value is -1.30. The lowest BCUT2D eigenvalue weighted by Gasteiger charge is -1.62. The Kier molecular flexibility index (Phi) is 1.86. The van der Waals surface area contributed by atoms with E-state index in [-0.39, 0.29) is 0 Å². The fourth-order valence-corrected chi connectivity index (χ4v) is 0.482. The van der Waals surface area contributed by atoms with Crippen LogP contribution in [0, 0.1) is 6.07 Å². The first-order chi connectivity index (χ1) is 4.43. The van der Waals surface area contributed by atoms with Crippen molar-refractivity contribution in [1.82, 2.24) is 10.2 Å². The van der Waals surface area contributed by atoms with Gasteiger partial charge in [-0.2, -0.15) is 5.10 Å². The Morgan fingerprint density at radius 3 is 3.33 bits per heavy atom. The molecule has 3 heteroatoms. The Morgan fingerprint density at radius 1 is 1.89 bits per heavy atom. The third-order valence-electron chi connectivity index (χ3n) is 0.858. The van der Waals surface area contributed by atoms with Crippen LogP contribution in [0.2, 0.25) is 0 Å². The lowest BCUT2D eigenvalue weighted by molar-refractivity contribution is 1.08. The van der Waals surface area contributed by atoms with E-state index in [1.807, 2.05) is 13.0 Å². The molecule has 1 aromatic rings. The van der Waals surface area contributed by atoms with Crippen molar-refractivity contribution in [3.8, 4) is 6.07 Å². The van der Waals surface area contributed by atoms with Gasteiger partial charge < -0.3 is 0 Å². The van der Waals surface area contributed by atoms with Crippen LogP contribution in [0.5, 0.6) is 0 Å². The number of aromatic nitrogens is 2. The van der Waals surface area contributed by atoms with Crippen molar-refractivity contribution in [1.29, 1.82) is 0 Å². The van der Waals surface area contributed by atoms with Crippen LogP contribution in [0.4, 0.5) is 0 Å². The molecule has 0 radical (unpaired) electrons. The molecule has 9 heavy (non-hydrogen) atoms. The van der Waals surface area contributed by atoms with Crippen LogP contribution in [-0.2, 0) is 0 Å². The highest BCUT2D eigenvalue weighted by atomic mass is 15.1. The number of hydrogen-bond acceptors (Lipinski definition) is 1. The van der Waals surface area contributed by atoms with Gasteiger partial charge in [0.05, 0.1) is 6.20 Å². The van der Waals surface area contributed by atoms with Crippen LogP contribution >= 0.6 is 0 Å². The van der Waals surface area contributed by atoms with Gasteiger partial charge in [0.25, 0.3) is 6.54 Å². The first-order valence-electron chi connectivity index (χ1n) is 2.85. The molecule has 0 saturated carbocycles. The molecule has 0 spiro atoms. The van der Waals surface area contributed by atoms with Gasteiger partial charge in [-0.3, -0.25) is 5.10 Å². The van der Waals surface area contributed by atoms with E-state index in [1.54, 1.807) is 6.20 Å². The zero-order chi connectivity index (χ0) is 6.53. The quantitative estimate of drug-likeness (QED) is 0.549. The largest absolute Gasteiger partial charge is 0.330 e. The molecule has 0 unspecified atom stereocenters. The maximum Gasteiger partial charge on any atom is 0.330 e. The zero-order valence-electron chi connectivity index (χ0n) is 5.26. The highest BCUT2D eigenvalue weighted by Gasteiger charge is 1.91. The minimum atomic E-state index is 0.763. The fourth-order valence-electron chi connectivity index (χ4n) is 0.482. The van der Waals surface area contributed by atoms with E-state index in [9.17, 15) is 0 Å². The van der Waals surface area contributed by atoms with E-state index in [2.05, 4.69) is 21.1 Å². The minimum absolute atomic E-state index is 0.763. The normalized spacial score (nSPS) is 8.11. The van der Waals surface area contributed by atoms with Crippen molar-refractivity contribution in [2.24, 2.45) is 0 Å². The zero-order valence-corrected chi connectivity index (χ0v) is 5.26. The van der Waals surface area contributed by atoms with Gasteiger partial charge in [0.15, 0.2) is 5.69 Å². The second kappa shape index (κ2) is 2.88. The number of aromatic amines is 1. The third kappa shape index (κ3) is 1.57. The summed E-state index contributed by atoms with van der Waals surface area (Å²) in [5.41, 5.74) is 0.830. The monoisotopic (exact) mass is 122 g/mol. The first kappa shape index (κ1) is 5.83. The molecule has 1 N–H and O–H groups in total. The van der Waals surface area contributed by atoms with Gasteiger partial charge in [-0.05, 0) is 6.07 Å². The fraction of sp³-hybridized carbons (Fsp3) is 0.333. The van der Waals surface area contributed by atoms with Crippen molar-refractivity contribution in [2.75, 3.05) is 6.54 Å². The molecule has 0 bridgehead atoms. The molecule has 1 rings (SSSR count). The van der Waals surface area contributed by atoms with E-state index in [0.29, 0.717) is 0 Å². The number of H-pyrrole nitrogens is 1. The number of rotatable bonds is 0. The van der Waals surface area contributed by atoms with Crippen molar-refractivity contribution < 1.29 is 0 Å². The molecule has 0 fully saturated rings. The molecular weight excluding hydrogens is 114 g/mol. The predicted molar refractivity (Wildman–Crippen MR) is 35.5 cm³/mol. The summed E-state index contributed by atoms with van der Waals surface area (Å²) in [6.45, 7) is 2.72. The summed E-state index contributed by atoms with van der Waals surface area (Å²) in [7, 11) is 0. The number of nitrogens with one attached hydrogen (secondary N) is 1. The maximum absolute atomic E-state index is 3.89. The van der Waals surface area contributed by atoms with E-state index in [4.69, 9.17) is 0 Å². The maximum atomic E-state index is 3.89. The molecule has 0 aliphatic heterocycles. The van der Waals surface area contributed by atoms with E-state index < -0.39 is 0 Å².